The smallest absolute Gasteiger partial charge is 0.323 e. The van der Waals surface area contributed by atoms with Gasteiger partial charge in [-0.05, 0) is 28.9 Å². The Morgan fingerprint density at radius 1 is 1.53 bits per heavy atom. The summed E-state index contributed by atoms with van der Waals surface area (Å²) in [6.45, 7) is 1.54. The van der Waals surface area contributed by atoms with Crippen molar-refractivity contribution in [1.82, 2.24) is 4.98 Å². The van der Waals surface area contributed by atoms with Crippen LogP contribution in [0, 0.1) is 10.1 Å². The lowest BCUT2D eigenvalue weighted by atomic mass is 10.3. The first-order chi connectivity index (χ1) is 8.97. The molecule has 0 bridgehead atoms. The van der Waals surface area contributed by atoms with Gasteiger partial charge in [0.15, 0.2) is 0 Å². The number of hydrogen-bond donors (Lipinski definition) is 1. The van der Waals surface area contributed by atoms with Crippen LogP contribution < -0.4 is 4.74 Å². The number of aliphatic hydroxyl groups excluding tert-OH is 1. The van der Waals surface area contributed by atoms with Crippen LogP contribution in [0.4, 0.5) is 5.69 Å². The van der Waals surface area contributed by atoms with Crippen molar-refractivity contribution in [1.29, 1.82) is 0 Å². The van der Waals surface area contributed by atoms with Gasteiger partial charge in [-0.1, -0.05) is 11.3 Å². The van der Waals surface area contributed by atoms with E-state index in [1.165, 1.54) is 12.3 Å². The fourth-order valence-corrected chi connectivity index (χ4v) is 2.62. The van der Waals surface area contributed by atoms with Crippen LogP contribution in [0.2, 0.25) is 0 Å². The molecule has 6 nitrogen and oxygen atoms in total. The van der Waals surface area contributed by atoms with Crippen molar-refractivity contribution >= 4 is 33.0 Å². The summed E-state index contributed by atoms with van der Waals surface area (Å²) in [5.41, 5.74) is -0.166. The molecule has 2 aromatic rings. The monoisotopic (exact) mass is 344 g/mol. The summed E-state index contributed by atoms with van der Waals surface area (Å²) in [4.78, 5) is 14.8. The molecule has 2 aromatic heterocycles. The first-order valence-electron chi connectivity index (χ1n) is 5.22. The zero-order chi connectivity index (χ0) is 14.0. The van der Waals surface area contributed by atoms with E-state index in [2.05, 4.69) is 20.9 Å². The molecule has 0 aromatic carbocycles. The van der Waals surface area contributed by atoms with Crippen LogP contribution in [0.5, 0.6) is 10.8 Å². The molecular formula is C11H9BrN2O4S. The first-order valence-corrected chi connectivity index (χ1v) is 6.83. The molecule has 100 valence electrons. The molecule has 8 heteroatoms. The van der Waals surface area contributed by atoms with Crippen molar-refractivity contribution in [3.63, 3.8) is 0 Å². The maximum absolute atomic E-state index is 10.9. The molecule has 0 saturated carbocycles. The normalized spacial score (nSPS) is 12.2. The second-order valence-electron chi connectivity index (χ2n) is 3.70. The summed E-state index contributed by atoms with van der Waals surface area (Å²) in [6.07, 6.45) is 2.26. The Bertz CT molecular complexity index is 614. The van der Waals surface area contributed by atoms with E-state index >= 15 is 0 Å². The lowest BCUT2D eigenvalue weighted by Gasteiger charge is -2.02. The van der Waals surface area contributed by atoms with E-state index in [4.69, 9.17) is 4.74 Å². The molecule has 2 heterocycles. The largest absolute Gasteiger partial charge is 0.438 e. The van der Waals surface area contributed by atoms with E-state index in [0.717, 1.165) is 11.3 Å². The van der Waals surface area contributed by atoms with E-state index in [9.17, 15) is 15.2 Å². The van der Waals surface area contributed by atoms with E-state index < -0.39 is 11.0 Å². The number of nitro groups is 1. The Morgan fingerprint density at radius 2 is 2.26 bits per heavy atom. The number of ether oxygens (including phenoxy) is 1. The predicted molar refractivity (Wildman–Crippen MR) is 73.6 cm³/mol. The summed E-state index contributed by atoms with van der Waals surface area (Å²) in [5.74, 6) is 0.386. The molecule has 0 aliphatic carbocycles. The van der Waals surface area contributed by atoms with Crippen molar-refractivity contribution in [2.75, 3.05) is 0 Å². The van der Waals surface area contributed by atoms with Gasteiger partial charge >= 0.3 is 5.69 Å². The van der Waals surface area contributed by atoms with Gasteiger partial charge in [0.05, 0.1) is 17.2 Å². The average molecular weight is 345 g/mol. The summed E-state index contributed by atoms with van der Waals surface area (Å²) in [6, 6.07) is 2.97. The van der Waals surface area contributed by atoms with Crippen LogP contribution in [0.3, 0.4) is 0 Å². The fourth-order valence-electron chi connectivity index (χ4n) is 1.34. The molecule has 19 heavy (non-hydrogen) atoms. The molecule has 0 radical (unpaired) electrons. The molecular weight excluding hydrogens is 336 g/mol. The zero-order valence-electron chi connectivity index (χ0n) is 9.74. The molecule has 0 amide bonds. The standard InChI is InChI=1S/C11H9BrN2O4S/c1-6(15)10-3-9(14(16)17)11(19-10)18-8-2-7(12)4-13-5-8/h2-6,15H,1H3/t6-/m1/s1. The van der Waals surface area contributed by atoms with E-state index in [-0.39, 0.29) is 10.8 Å². The van der Waals surface area contributed by atoms with Crippen molar-refractivity contribution < 1.29 is 14.8 Å². The highest BCUT2D eigenvalue weighted by atomic mass is 79.9. The van der Waals surface area contributed by atoms with Crippen molar-refractivity contribution in [3.8, 4) is 10.8 Å². The number of hydrogen-bond acceptors (Lipinski definition) is 6. The average Bonchev–Trinajstić information content (AvgIpc) is 2.73. The highest BCUT2D eigenvalue weighted by Gasteiger charge is 2.23. The van der Waals surface area contributed by atoms with Crippen LogP contribution in [0.15, 0.2) is 29.0 Å². The highest BCUT2D eigenvalue weighted by molar-refractivity contribution is 9.10. The molecule has 0 fully saturated rings. The summed E-state index contributed by atoms with van der Waals surface area (Å²) in [7, 11) is 0. The minimum absolute atomic E-state index is 0.126. The van der Waals surface area contributed by atoms with Crippen LogP contribution >= 0.6 is 27.3 Å². The van der Waals surface area contributed by atoms with Gasteiger partial charge in [-0.3, -0.25) is 15.1 Å². The number of thiophene rings is 1. The molecule has 0 saturated heterocycles. The second kappa shape index (κ2) is 5.64. The minimum atomic E-state index is -0.776. The number of rotatable bonds is 4. The number of pyridine rings is 1. The zero-order valence-corrected chi connectivity index (χ0v) is 12.1. The molecule has 2 rings (SSSR count). The van der Waals surface area contributed by atoms with Gasteiger partial charge in [0.25, 0.3) is 5.06 Å². The second-order valence-corrected chi connectivity index (χ2v) is 5.66. The predicted octanol–water partition coefficient (Wildman–Crippen LogP) is 3.66. The molecule has 1 atom stereocenters. The van der Waals surface area contributed by atoms with Gasteiger partial charge in [0.1, 0.15) is 5.75 Å². The third-order valence-corrected chi connectivity index (χ3v) is 3.80. The summed E-state index contributed by atoms with van der Waals surface area (Å²) >= 11 is 4.28. The van der Waals surface area contributed by atoms with Gasteiger partial charge in [-0.2, -0.15) is 0 Å². The fraction of sp³-hybridized carbons (Fsp3) is 0.182. The topological polar surface area (TPSA) is 85.5 Å². The van der Waals surface area contributed by atoms with E-state index in [0.29, 0.717) is 15.1 Å². The van der Waals surface area contributed by atoms with Crippen molar-refractivity contribution in [2.45, 2.75) is 13.0 Å². The maximum Gasteiger partial charge on any atom is 0.323 e. The molecule has 0 aliphatic rings. The maximum atomic E-state index is 10.9. The van der Waals surface area contributed by atoms with Crippen LogP contribution in [0.25, 0.3) is 0 Å². The Labute approximate surface area is 121 Å². The first kappa shape index (κ1) is 13.9. The van der Waals surface area contributed by atoms with E-state index in [1.807, 2.05) is 0 Å². The Kier molecular flexibility index (Phi) is 4.13. The SMILES string of the molecule is C[C@@H](O)c1cc([N+](=O)[O-])c(Oc2cncc(Br)c2)s1. The van der Waals surface area contributed by atoms with Gasteiger partial charge in [0.2, 0.25) is 0 Å². The lowest BCUT2D eigenvalue weighted by molar-refractivity contribution is -0.385. The third-order valence-electron chi connectivity index (χ3n) is 2.20. The molecule has 1 N–H and O–H groups in total. The van der Waals surface area contributed by atoms with Crippen molar-refractivity contribution in [2.24, 2.45) is 0 Å². The molecule has 0 spiro atoms. The number of aromatic nitrogens is 1. The minimum Gasteiger partial charge on any atom is -0.438 e. The Hall–Kier alpha value is -1.51. The number of aliphatic hydroxyl groups is 1. The van der Waals surface area contributed by atoms with Crippen LogP contribution in [-0.4, -0.2) is 15.0 Å². The third kappa shape index (κ3) is 3.28. The lowest BCUT2D eigenvalue weighted by Crippen LogP contribution is -1.90. The van der Waals surface area contributed by atoms with Gasteiger partial charge < -0.3 is 9.84 Å². The highest BCUT2D eigenvalue weighted by Crippen LogP contribution is 2.41. The van der Waals surface area contributed by atoms with Gasteiger partial charge in [-0.15, -0.1) is 0 Å². The molecule has 0 unspecified atom stereocenters. The quantitative estimate of drug-likeness (QED) is 0.675. The van der Waals surface area contributed by atoms with Gasteiger partial charge in [0, 0.05) is 21.6 Å². The van der Waals surface area contributed by atoms with Crippen molar-refractivity contribution in [3.05, 3.63) is 44.0 Å². The van der Waals surface area contributed by atoms with Gasteiger partial charge in [-0.25, -0.2) is 0 Å². The Morgan fingerprint density at radius 3 is 2.84 bits per heavy atom. The Balaban J connectivity index is 2.36. The number of halogens is 1. The van der Waals surface area contributed by atoms with Crippen LogP contribution in [-0.2, 0) is 0 Å². The van der Waals surface area contributed by atoms with Crippen LogP contribution in [0.1, 0.15) is 17.9 Å². The summed E-state index contributed by atoms with van der Waals surface area (Å²) in [5, 5.41) is 20.5. The molecule has 0 aliphatic heterocycles. The summed E-state index contributed by atoms with van der Waals surface area (Å²) < 4.78 is 6.16. The van der Waals surface area contributed by atoms with E-state index in [1.54, 1.807) is 19.2 Å². The number of nitrogens with zero attached hydrogens (tertiary/aromatic N) is 2.